The zero-order valence-electron chi connectivity index (χ0n) is 13.2. The molecule has 2 amide bonds. The Morgan fingerprint density at radius 2 is 1.87 bits per heavy atom. The molecule has 1 aromatic rings. The zero-order chi connectivity index (χ0) is 16.7. The van der Waals surface area contributed by atoms with Gasteiger partial charge in [0, 0.05) is 29.7 Å². The maximum atomic E-state index is 12.0. The van der Waals surface area contributed by atoms with E-state index in [-0.39, 0.29) is 17.9 Å². The number of hydrogen-bond acceptors (Lipinski definition) is 4. The van der Waals surface area contributed by atoms with Gasteiger partial charge in [-0.05, 0) is 37.1 Å². The Morgan fingerprint density at radius 3 is 2.57 bits per heavy atom. The molecule has 0 aliphatic carbocycles. The average Bonchev–Trinajstić information content (AvgIpc) is 3.01. The second kappa shape index (κ2) is 8.86. The van der Waals surface area contributed by atoms with E-state index in [0.29, 0.717) is 29.7 Å². The Bertz CT molecular complexity index is 535. The van der Waals surface area contributed by atoms with Crippen LogP contribution in [0.1, 0.15) is 36.5 Å². The number of carbonyl (C=O) groups excluding carboxylic acids is 2. The van der Waals surface area contributed by atoms with Gasteiger partial charge in [-0.1, -0.05) is 24.9 Å². The van der Waals surface area contributed by atoms with E-state index in [1.54, 1.807) is 24.3 Å². The van der Waals surface area contributed by atoms with E-state index in [2.05, 4.69) is 28.4 Å². The Labute approximate surface area is 141 Å². The molecule has 0 spiro atoms. The van der Waals surface area contributed by atoms with Crippen LogP contribution < -0.4 is 21.5 Å². The molecule has 1 aliphatic heterocycles. The van der Waals surface area contributed by atoms with Gasteiger partial charge in [0.2, 0.25) is 5.91 Å². The first-order chi connectivity index (χ1) is 11.1. The SMILES string of the molecule is CCCC1CC(C(=O)NCCNC(=O)c2ccc(Cl)cc2)NN1. The number of rotatable bonds is 7. The molecule has 7 heteroatoms. The monoisotopic (exact) mass is 338 g/mol. The second-order valence-corrected chi connectivity index (χ2v) is 6.05. The van der Waals surface area contributed by atoms with Crippen LogP contribution in [0, 0.1) is 0 Å². The molecular formula is C16H23ClN4O2. The molecule has 4 N–H and O–H groups in total. The van der Waals surface area contributed by atoms with Gasteiger partial charge in [0.25, 0.3) is 5.91 Å². The first-order valence-electron chi connectivity index (χ1n) is 7.92. The van der Waals surface area contributed by atoms with Crippen molar-refractivity contribution in [3.8, 4) is 0 Å². The van der Waals surface area contributed by atoms with Crippen LogP contribution in [0.5, 0.6) is 0 Å². The lowest BCUT2D eigenvalue weighted by atomic mass is 10.1. The van der Waals surface area contributed by atoms with Gasteiger partial charge in [-0.2, -0.15) is 0 Å². The summed E-state index contributed by atoms with van der Waals surface area (Å²) in [6.45, 7) is 2.90. The first-order valence-corrected chi connectivity index (χ1v) is 8.30. The van der Waals surface area contributed by atoms with Crippen LogP contribution in [0.15, 0.2) is 24.3 Å². The van der Waals surface area contributed by atoms with Crippen molar-refractivity contribution >= 4 is 23.4 Å². The molecule has 2 unspecified atom stereocenters. The molecule has 126 valence electrons. The highest BCUT2D eigenvalue weighted by molar-refractivity contribution is 6.30. The maximum Gasteiger partial charge on any atom is 0.251 e. The fraction of sp³-hybridized carbons (Fsp3) is 0.500. The summed E-state index contributed by atoms with van der Waals surface area (Å²) in [5.41, 5.74) is 6.69. The number of halogens is 1. The summed E-state index contributed by atoms with van der Waals surface area (Å²) in [4.78, 5) is 23.9. The Hall–Kier alpha value is -1.63. The van der Waals surface area contributed by atoms with Crippen LogP contribution >= 0.6 is 11.6 Å². The summed E-state index contributed by atoms with van der Waals surface area (Å²) < 4.78 is 0. The van der Waals surface area contributed by atoms with Crippen LogP contribution in [-0.4, -0.2) is 37.0 Å². The highest BCUT2D eigenvalue weighted by atomic mass is 35.5. The lowest BCUT2D eigenvalue weighted by Gasteiger charge is -2.11. The summed E-state index contributed by atoms with van der Waals surface area (Å²) in [7, 11) is 0. The van der Waals surface area contributed by atoms with Gasteiger partial charge in [0.1, 0.15) is 6.04 Å². The molecular weight excluding hydrogens is 316 g/mol. The van der Waals surface area contributed by atoms with Crippen molar-refractivity contribution in [2.24, 2.45) is 0 Å². The average molecular weight is 339 g/mol. The molecule has 6 nitrogen and oxygen atoms in total. The number of nitrogens with one attached hydrogen (secondary N) is 4. The van der Waals surface area contributed by atoms with Gasteiger partial charge >= 0.3 is 0 Å². The van der Waals surface area contributed by atoms with Gasteiger partial charge in [-0.15, -0.1) is 0 Å². The van der Waals surface area contributed by atoms with E-state index in [1.807, 2.05) is 0 Å². The van der Waals surface area contributed by atoms with Crippen molar-refractivity contribution in [3.63, 3.8) is 0 Å². The minimum atomic E-state index is -0.210. The number of amides is 2. The van der Waals surface area contributed by atoms with Gasteiger partial charge in [-0.3, -0.25) is 15.0 Å². The highest BCUT2D eigenvalue weighted by Crippen LogP contribution is 2.10. The molecule has 0 saturated carbocycles. The lowest BCUT2D eigenvalue weighted by Crippen LogP contribution is -2.45. The standard InChI is InChI=1S/C16H23ClN4O2/c1-2-3-13-10-14(21-20-13)16(23)19-9-8-18-15(22)11-4-6-12(17)7-5-11/h4-7,13-14,20-21H,2-3,8-10H2,1H3,(H,18,22)(H,19,23). The summed E-state index contributed by atoms with van der Waals surface area (Å²) >= 11 is 5.78. The topological polar surface area (TPSA) is 82.3 Å². The largest absolute Gasteiger partial charge is 0.353 e. The van der Waals surface area contributed by atoms with Crippen LogP contribution in [-0.2, 0) is 4.79 Å². The Kier molecular flexibility index (Phi) is 6.83. The quantitative estimate of drug-likeness (QED) is 0.563. The van der Waals surface area contributed by atoms with Crippen molar-refractivity contribution in [2.75, 3.05) is 13.1 Å². The third-order valence-electron chi connectivity index (χ3n) is 3.75. The van der Waals surface area contributed by atoms with E-state index in [1.165, 1.54) is 0 Å². The number of hydrogen-bond donors (Lipinski definition) is 4. The number of hydrazine groups is 1. The lowest BCUT2D eigenvalue weighted by molar-refractivity contribution is -0.122. The molecule has 1 fully saturated rings. The third kappa shape index (κ3) is 5.49. The Balaban J connectivity index is 1.64. The van der Waals surface area contributed by atoms with E-state index in [4.69, 9.17) is 11.6 Å². The van der Waals surface area contributed by atoms with Crippen molar-refractivity contribution in [1.82, 2.24) is 21.5 Å². The van der Waals surface area contributed by atoms with Gasteiger partial charge in [0.15, 0.2) is 0 Å². The highest BCUT2D eigenvalue weighted by Gasteiger charge is 2.28. The fourth-order valence-corrected chi connectivity index (χ4v) is 2.65. The molecule has 0 aromatic heterocycles. The molecule has 1 aliphatic rings. The van der Waals surface area contributed by atoms with Crippen LogP contribution in [0.2, 0.25) is 5.02 Å². The zero-order valence-corrected chi connectivity index (χ0v) is 14.0. The van der Waals surface area contributed by atoms with E-state index in [9.17, 15) is 9.59 Å². The molecule has 23 heavy (non-hydrogen) atoms. The summed E-state index contributed by atoms with van der Waals surface area (Å²) in [5.74, 6) is -0.226. The summed E-state index contributed by atoms with van der Waals surface area (Å²) in [5, 5.41) is 6.18. The van der Waals surface area contributed by atoms with Crippen molar-refractivity contribution in [2.45, 2.75) is 38.3 Å². The van der Waals surface area contributed by atoms with Crippen molar-refractivity contribution in [3.05, 3.63) is 34.9 Å². The van der Waals surface area contributed by atoms with E-state index < -0.39 is 0 Å². The minimum absolute atomic E-state index is 0.0446. The molecule has 0 bridgehead atoms. The Morgan fingerprint density at radius 1 is 1.17 bits per heavy atom. The molecule has 0 radical (unpaired) electrons. The maximum absolute atomic E-state index is 12.0. The predicted molar refractivity (Wildman–Crippen MR) is 90.2 cm³/mol. The van der Waals surface area contributed by atoms with Crippen LogP contribution in [0.3, 0.4) is 0 Å². The van der Waals surface area contributed by atoms with E-state index >= 15 is 0 Å². The number of benzene rings is 1. The first kappa shape index (κ1) is 17.7. The van der Waals surface area contributed by atoms with Gasteiger partial charge in [0.05, 0.1) is 0 Å². The molecule has 2 rings (SSSR count). The smallest absolute Gasteiger partial charge is 0.251 e. The fourth-order valence-electron chi connectivity index (χ4n) is 2.52. The van der Waals surface area contributed by atoms with E-state index in [0.717, 1.165) is 19.3 Å². The molecule has 1 saturated heterocycles. The minimum Gasteiger partial charge on any atom is -0.353 e. The second-order valence-electron chi connectivity index (χ2n) is 5.62. The third-order valence-corrected chi connectivity index (χ3v) is 4.00. The number of carbonyl (C=O) groups is 2. The predicted octanol–water partition coefficient (Wildman–Crippen LogP) is 1.22. The summed E-state index contributed by atoms with van der Waals surface area (Å²) in [6.07, 6.45) is 2.93. The van der Waals surface area contributed by atoms with Crippen LogP contribution in [0.25, 0.3) is 0 Å². The van der Waals surface area contributed by atoms with Crippen molar-refractivity contribution in [1.29, 1.82) is 0 Å². The van der Waals surface area contributed by atoms with Gasteiger partial charge < -0.3 is 10.6 Å². The molecule has 2 atom stereocenters. The summed E-state index contributed by atoms with van der Waals surface area (Å²) in [6, 6.07) is 6.81. The van der Waals surface area contributed by atoms with Gasteiger partial charge in [-0.25, -0.2) is 5.43 Å². The normalized spacial score (nSPS) is 20.3. The molecule has 1 aromatic carbocycles. The van der Waals surface area contributed by atoms with Crippen LogP contribution in [0.4, 0.5) is 0 Å². The van der Waals surface area contributed by atoms with Crippen molar-refractivity contribution < 1.29 is 9.59 Å². The molecule has 1 heterocycles.